The maximum absolute atomic E-state index is 13.3. The van der Waals surface area contributed by atoms with Crippen LogP contribution in [-0.2, 0) is 11.4 Å². The van der Waals surface area contributed by atoms with Crippen molar-refractivity contribution >= 4 is 34.9 Å². The van der Waals surface area contributed by atoms with Gasteiger partial charge in [0.05, 0.1) is 7.11 Å². The van der Waals surface area contributed by atoms with Crippen LogP contribution >= 0.6 is 22.9 Å². The number of hydroxylamine groups is 1. The Bertz CT molecular complexity index is 1110. The zero-order chi connectivity index (χ0) is 26.7. The first-order valence-electron chi connectivity index (χ1n) is 12.7. The molecule has 2 aromatic rings. The Kier molecular flexibility index (Phi) is 8.63. The van der Waals surface area contributed by atoms with Crippen molar-refractivity contribution in [3.8, 4) is 0 Å². The fraction of sp³-hybridized carbons (Fsp3) is 0.577. The summed E-state index contributed by atoms with van der Waals surface area (Å²) in [5.74, 6) is -0.0662. The number of aromatic nitrogens is 1. The zero-order valence-electron chi connectivity index (χ0n) is 22.0. The predicted molar refractivity (Wildman–Crippen MR) is 142 cm³/mol. The van der Waals surface area contributed by atoms with Gasteiger partial charge in [0.25, 0.3) is 5.91 Å². The Morgan fingerprint density at radius 3 is 2.54 bits per heavy atom. The van der Waals surface area contributed by atoms with Crippen LogP contribution in [0.2, 0.25) is 5.15 Å². The minimum atomic E-state index is -0.206. The SMILES string of the molecule is CONC(=O)N(Cc1ccsc1)C1CCN(C2(C)CCN(C(=O)c3c(C)cc(Cl)[n+](O)c3C)CC2)CC1. The summed E-state index contributed by atoms with van der Waals surface area (Å²) < 4.78 is 0.870. The van der Waals surface area contributed by atoms with Crippen molar-refractivity contribution in [3.05, 3.63) is 50.4 Å². The molecule has 4 heterocycles. The highest BCUT2D eigenvalue weighted by Crippen LogP contribution is 2.33. The molecule has 37 heavy (non-hydrogen) atoms. The molecule has 11 heteroatoms. The predicted octanol–water partition coefficient (Wildman–Crippen LogP) is 3.78. The molecule has 9 nitrogen and oxygen atoms in total. The van der Waals surface area contributed by atoms with E-state index in [-0.39, 0.29) is 28.7 Å². The van der Waals surface area contributed by atoms with E-state index in [1.807, 2.05) is 22.1 Å². The minimum absolute atomic E-state index is 0.00427. The van der Waals surface area contributed by atoms with Crippen LogP contribution in [0.5, 0.6) is 0 Å². The second-order valence-corrected chi connectivity index (χ2v) is 11.5. The van der Waals surface area contributed by atoms with Crippen LogP contribution in [0.25, 0.3) is 0 Å². The molecule has 3 amide bonds. The number of thiophene rings is 1. The molecule has 0 radical (unpaired) electrons. The molecule has 0 spiro atoms. The number of urea groups is 1. The third-order valence-electron chi connectivity index (χ3n) is 8.01. The summed E-state index contributed by atoms with van der Waals surface area (Å²) in [6.07, 6.45) is 3.52. The lowest BCUT2D eigenvalue weighted by atomic mass is 9.85. The monoisotopic (exact) mass is 550 g/mol. The lowest BCUT2D eigenvalue weighted by Gasteiger charge is -2.50. The van der Waals surface area contributed by atoms with Gasteiger partial charge in [-0.1, -0.05) is 0 Å². The fourth-order valence-corrected chi connectivity index (χ4v) is 6.61. The first kappa shape index (κ1) is 27.6. The second-order valence-electron chi connectivity index (χ2n) is 10.3. The highest BCUT2D eigenvalue weighted by molar-refractivity contribution is 7.07. The number of amides is 3. The Morgan fingerprint density at radius 1 is 1.27 bits per heavy atom. The average molecular weight is 551 g/mol. The molecular formula is C26H37ClN5O4S+. The van der Waals surface area contributed by atoms with Crippen molar-refractivity contribution in [2.24, 2.45) is 0 Å². The number of carbonyl (C=O) groups is 2. The van der Waals surface area contributed by atoms with Gasteiger partial charge in [-0.25, -0.2) is 10.3 Å². The van der Waals surface area contributed by atoms with E-state index in [2.05, 4.69) is 28.8 Å². The van der Waals surface area contributed by atoms with Crippen LogP contribution in [0, 0.1) is 13.8 Å². The zero-order valence-corrected chi connectivity index (χ0v) is 23.6. The molecule has 4 rings (SSSR count). The Morgan fingerprint density at radius 2 is 1.95 bits per heavy atom. The molecule has 0 saturated carbocycles. The number of nitrogens with zero attached hydrogens (tertiary/aromatic N) is 4. The Hall–Kier alpha value is -2.40. The molecule has 2 aliphatic rings. The summed E-state index contributed by atoms with van der Waals surface area (Å²) >= 11 is 7.68. The van der Waals surface area contributed by atoms with Crippen LogP contribution < -0.4 is 10.2 Å². The molecule has 2 aromatic heterocycles. The van der Waals surface area contributed by atoms with Crippen LogP contribution in [0.4, 0.5) is 4.79 Å². The maximum atomic E-state index is 13.3. The average Bonchev–Trinajstić information content (AvgIpc) is 3.40. The second kappa shape index (κ2) is 11.6. The Balaban J connectivity index is 1.37. The Labute approximate surface area is 227 Å². The van der Waals surface area contributed by atoms with Crippen LogP contribution in [0.1, 0.15) is 59.8 Å². The standard InChI is InChI=1S/C26H36ClN5O4S/c1-18-15-22(27)32(35)19(2)23(18)24(33)29-12-8-26(3,9-13-29)30-10-5-21(6-11-30)31(25(34)28-36-4)16-20-7-14-37-17-20/h7,14-15,17,21H,5-6,8-13,16H2,1-4H3,(H-,28,34,35)/p+1. The van der Waals surface area contributed by atoms with E-state index in [1.165, 1.54) is 7.11 Å². The largest absolute Gasteiger partial charge is 0.341 e. The number of carbonyl (C=O) groups excluding carboxylic acids is 2. The number of hydrogen-bond acceptors (Lipinski definition) is 6. The van der Waals surface area contributed by atoms with E-state index in [1.54, 1.807) is 24.3 Å². The summed E-state index contributed by atoms with van der Waals surface area (Å²) in [5.41, 5.74) is 5.34. The van der Waals surface area contributed by atoms with E-state index in [4.69, 9.17) is 16.4 Å². The quantitative estimate of drug-likeness (QED) is 0.247. The molecule has 0 unspecified atom stereocenters. The van der Waals surface area contributed by atoms with Gasteiger partial charge in [0.15, 0.2) is 0 Å². The molecule has 0 aliphatic carbocycles. The van der Waals surface area contributed by atoms with E-state index >= 15 is 0 Å². The third-order valence-corrected chi connectivity index (χ3v) is 9.01. The summed E-state index contributed by atoms with van der Waals surface area (Å²) in [7, 11) is 1.46. The van der Waals surface area contributed by atoms with E-state index in [0.717, 1.165) is 54.6 Å². The van der Waals surface area contributed by atoms with Crippen molar-refractivity contribution in [1.29, 1.82) is 0 Å². The van der Waals surface area contributed by atoms with Crippen LogP contribution in [0.15, 0.2) is 22.9 Å². The van der Waals surface area contributed by atoms with Crippen molar-refractivity contribution < 1.29 is 24.4 Å². The third kappa shape index (κ3) is 5.87. The van der Waals surface area contributed by atoms with Gasteiger partial charge in [-0.2, -0.15) is 11.3 Å². The van der Waals surface area contributed by atoms with Gasteiger partial charge in [-0.3, -0.25) is 19.7 Å². The van der Waals surface area contributed by atoms with E-state index < -0.39 is 0 Å². The van der Waals surface area contributed by atoms with Crippen molar-refractivity contribution in [3.63, 3.8) is 0 Å². The van der Waals surface area contributed by atoms with Crippen LogP contribution in [0.3, 0.4) is 0 Å². The van der Waals surface area contributed by atoms with E-state index in [9.17, 15) is 14.8 Å². The molecule has 0 bridgehead atoms. The summed E-state index contributed by atoms with van der Waals surface area (Å²) in [4.78, 5) is 37.3. The number of piperidine rings is 2. The lowest BCUT2D eigenvalue weighted by molar-refractivity contribution is -0.907. The highest BCUT2D eigenvalue weighted by atomic mass is 35.5. The van der Waals surface area contributed by atoms with Crippen LogP contribution in [-0.4, -0.2) is 76.7 Å². The number of pyridine rings is 1. The number of rotatable bonds is 6. The van der Waals surface area contributed by atoms with E-state index in [0.29, 0.717) is 30.9 Å². The first-order valence-corrected chi connectivity index (χ1v) is 14.0. The van der Waals surface area contributed by atoms with Gasteiger partial charge in [0, 0.05) is 62.0 Å². The normalized spacial score (nSPS) is 18.6. The molecule has 2 aliphatic heterocycles. The number of aryl methyl sites for hydroxylation is 1. The van der Waals surface area contributed by atoms with Crippen molar-refractivity contribution in [2.75, 3.05) is 33.3 Å². The van der Waals surface area contributed by atoms with Gasteiger partial charge in [0.2, 0.25) is 5.69 Å². The van der Waals surface area contributed by atoms with Crippen molar-refractivity contribution in [2.45, 2.75) is 64.6 Å². The summed E-state index contributed by atoms with van der Waals surface area (Å²) in [5, 5.41) is 14.5. The summed E-state index contributed by atoms with van der Waals surface area (Å²) in [6, 6.07) is 3.60. The number of likely N-dealkylation sites (tertiary alicyclic amines) is 2. The smallest absolute Gasteiger partial charge is 0.338 e. The number of hydrogen-bond donors (Lipinski definition) is 2. The highest BCUT2D eigenvalue weighted by Gasteiger charge is 2.40. The molecular weight excluding hydrogens is 514 g/mol. The number of halogens is 1. The molecule has 202 valence electrons. The molecule has 2 saturated heterocycles. The first-order chi connectivity index (χ1) is 17.6. The number of nitrogens with one attached hydrogen (secondary N) is 1. The lowest BCUT2D eigenvalue weighted by Crippen LogP contribution is -2.59. The van der Waals surface area contributed by atoms with Gasteiger partial charge in [-0.05, 0) is 79.1 Å². The fourth-order valence-electron chi connectivity index (χ4n) is 5.66. The van der Waals surface area contributed by atoms with Gasteiger partial charge in [-0.15, -0.1) is 0 Å². The molecule has 0 aromatic carbocycles. The molecule has 0 atom stereocenters. The topological polar surface area (TPSA) is 89.2 Å². The summed E-state index contributed by atoms with van der Waals surface area (Å²) in [6.45, 7) is 9.51. The molecule has 2 fully saturated rings. The van der Waals surface area contributed by atoms with Crippen molar-refractivity contribution in [1.82, 2.24) is 20.2 Å². The minimum Gasteiger partial charge on any atom is -0.338 e. The maximum Gasteiger partial charge on any atom is 0.341 e. The van der Waals surface area contributed by atoms with Gasteiger partial charge in [0.1, 0.15) is 5.56 Å². The van der Waals surface area contributed by atoms with Gasteiger partial charge < -0.3 is 9.80 Å². The van der Waals surface area contributed by atoms with Gasteiger partial charge >= 0.3 is 11.2 Å². The molecule has 2 N–H and O–H groups in total.